The van der Waals surface area contributed by atoms with Gasteiger partial charge in [0, 0.05) is 59.5 Å². The predicted molar refractivity (Wildman–Crippen MR) is 308 cm³/mol. The monoisotopic (exact) mass is 985 g/mol. The third-order valence-corrected chi connectivity index (χ3v) is 16.0. The first kappa shape index (κ1) is 42.7. The standard InChI is InChI=1S/C68H42F3N5/c1-41-63(68(69,70)71)65(76-60-38-20-12-30-50(60)52-39-51-49-29-11-13-31-53(49)72(61(51)40-62(52)76)42-21-3-2-4-22-42)67(75-58-36-18-9-27-47(58)48-28-10-19-37-59(48)75)66(74-56-34-16-7-25-45(56)46-26-8-17-35-57(46)74)64(41)73-54-32-14-5-23-43(54)44-24-6-15-33-55(44)73/h2-40H,1H3. The highest BCUT2D eigenvalue weighted by Crippen LogP contribution is 2.53. The second kappa shape index (κ2) is 15.6. The fourth-order valence-electron chi connectivity index (χ4n) is 13.1. The Morgan fingerprint density at radius 1 is 0.250 bits per heavy atom. The summed E-state index contributed by atoms with van der Waals surface area (Å²) in [6.07, 6.45) is -4.89. The Kier molecular flexibility index (Phi) is 8.77. The molecule has 16 rings (SSSR count). The van der Waals surface area contributed by atoms with E-state index in [0.717, 1.165) is 104 Å². The van der Waals surface area contributed by atoms with Crippen LogP contribution in [0.4, 0.5) is 13.2 Å². The average Bonchev–Trinajstić information content (AvgIpc) is 4.42. The van der Waals surface area contributed by atoms with Gasteiger partial charge in [0.05, 0.1) is 83.5 Å². The summed E-state index contributed by atoms with van der Waals surface area (Å²) in [7, 11) is 0. The summed E-state index contributed by atoms with van der Waals surface area (Å²) in [4.78, 5) is 0. The SMILES string of the molecule is Cc1c(-n2c3ccccc3c3ccccc32)c(-n2c3ccccc3c3ccccc32)c(-n2c3ccccc3c3ccccc32)c(-n2c3ccccc3c3cc4c5ccccc5n(-c5ccccc5)c4cc32)c1C(F)(F)F. The lowest BCUT2D eigenvalue weighted by Crippen LogP contribution is -2.21. The summed E-state index contributed by atoms with van der Waals surface area (Å²) < 4.78 is 64.1. The maximum atomic E-state index is 17.8. The van der Waals surface area contributed by atoms with Crippen LogP contribution in [0.3, 0.4) is 0 Å². The first-order valence-electron chi connectivity index (χ1n) is 25.6. The quantitative estimate of drug-likeness (QED) is 0.164. The Morgan fingerprint density at radius 3 is 0.868 bits per heavy atom. The number of aromatic nitrogens is 5. The molecule has 0 bridgehead atoms. The van der Waals surface area contributed by atoms with Crippen molar-refractivity contribution in [2.75, 3.05) is 0 Å². The van der Waals surface area contributed by atoms with E-state index in [9.17, 15) is 0 Å². The Balaban J connectivity index is 1.23. The molecule has 0 unspecified atom stereocenters. The lowest BCUT2D eigenvalue weighted by molar-refractivity contribution is -0.137. The van der Waals surface area contributed by atoms with Gasteiger partial charge in [0.25, 0.3) is 0 Å². The summed E-state index contributed by atoms with van der Waals surface area (Å²) in [6.45, 7) is 1.69. The number of hydrogen-bond acceptors (Lipinski definition) is 0. The molecule has 16 aromatic rings. The van der Waals surface area contributed by atoms with Gasteiger partial charge < -0.3 is 22.8 Å². The number of nitrogens with zero attached hydrogens (tertiary/aromatic N) is 5. The van der Waals surface area contributed by atoms with E-state index in [0.29, 0.717) is 28.1 Å². The molecule has 5 nitrogen and oxygen atoms in total. The van der Waals surface area contributed by atoms with E-state index in [1.165, 1.54) is 0 Å². The number of alkyl halides is 3. The van der Waals surface area contributed by atoms with Gasteiger partial charge in [-0.05, 0) is 85.3 Å². The molecule has 0 N–H and O–H groups in total. The van der Waals surface area contributed by atoms with Crippen LogP contribution in [0.15, 0.2) is 237 Å². The highest BCUT2D eigenvalue weighted by molar-refractivity contribution is 6.20. The zero-order valence-electron chi connectivity index (χ0n) is 40.9. The van der Waals surface area contributed by atoms with Crippen LogP contribution in [0.5, 0.6) is 0 Å². The molecule has 5 aromatic heterocycles. The first-order chi connectivity index (χ1) is 37.3. The third-order valence-electron chi connectivity index (χ3n) is 16.0. The molecular formula is C68H42F3N5. The van der Waals surface area contributed by atoms with Crippen LogP contribution in [-0.2, 0) is 6.18 Å². The normalized spacial score (nSPS) is 12.5. The minimum Gasteiger partial charge on any atom is -0.309 e. The van der Waals surface area contributed by atoms with Gasteiger partial charge in [-0.25, -0.2) is 0 Å². The second-order valence-electron chi connectivity index (χ2n) is 19.9. The zero-order chi connectivity index (χ0) is 50.6. The molecule has 0 amide bonds. The number of benzene rings is 11. The van der Waals surface area contributed by atoms with Crippen LogP contribution >= 0.6 is 0 Å². The molecule has 360 valence electrons. The second-order valence-corrected chi connectivity index (χ2v) is 19.9. The lowest BCUT2D eigenvalue weighted by atomic mass is 9.97. The Labute approximate surface area is 432 Å². The largest absolute Gasteiger partial charge is 0.418 e. The number of hydrogen-bond donors (Lipinski definition) is 0. The molecule has 0 spiro atoms. The number of rotatable bonds is 5. The molecular weight excluding hydrogens is 944 g/mol. The molecule has 5 heterocycles. The van der Waals surface area contributed by atoms with E-state index < -0.39 is 11.7 Å². The maximum absolute atomic E-state index is 17.8. The zero-order valence-corrected chi connectivity index (χ0v) is 40.9. The van der Waals surface area contributed by atoms with Crippen LogP contribution in [0.2, 0.25) is 0 Å². The van der Waals surface area contributed by atoms with Crippen molar-refractivity contribution in [1.82, 2.24) is 22.8 Å². The van der Waals surface area contributed by atoms with Crippen molar-refractivity contribution in [3.05, 3.63) is 248 Å². The van der Waals surface area contributed by atoms with E-state index in [-0.39, 0.29) is 11.3 Å². The molecule has 0 saturated carbocycles. The molecule has 0 aliphatic heterocycles. The summed E-state index contributed by atoms with van der Waals surface area (Å²) in [5.41, 5.74) is 9.91. The van der Waals surface area contributed by atoms with Crippen molar-refractivity contribution >= 4 is 109 Å². The third kappa shape index (κ3) is 5.70. The fourth-order valence-corrected chi connectivity index (χ4v) is 13.1. The lowest BCUT2D eigenvalue weighted by Gasteiger charge is -2.30. The van der Waals surface area contributed by atoms with Crippen molar-refractivity contribution in [3.8, 4) is 28.4 Å². The summed E-state index contributed by atoms with van der Waals surface area (Å²) in [6, 6.07) is 79.9. The van der Waals surface area contributed by atoms with E-state index in [1.807, 2.05) is 132 Å². The summed E-state index contributed by atoms with van der Waals surface area (Å²) in [5, 5.41) is 9.51. The number of halogens is 3. The van der Waals surface area contributed by atoms with E-state index in [4.69, 9.17) is 0 Å². The van der Waals surface area contributed by atoms with Gasteiger partial charge in [0.1, 0.15) is 0 Å². The smallest absolute Gasteiger partial charge is 0.309 e. The van der Waals surface area contributed by atoms with Crippen LogP contribution in [0.1, 0.15) is 11.1 Å². The molecule has 11 aromatic carbocycles. The Bertz CT molecular complexity index is 4960. The Morgan fingerprint density at radius 2 is 0.513 bits per heavy atom. The van der Waals surface area contributed by atoms with Crippen molar-refractivity contribution in [2.24, 2.45) is 0 Å². The number of para-hydroxylation sites is 9. The van der Waals surface area contributed by atoms with Crippen molar-refractivity contribution < 1.29 is 13.2 Å². The van der Waals surface area contributed by atoms with Crippen LogP contribution in [0, 0.1) is 6.92 Å². The van der Waals surface area contributed by atoms with E-state index >= 15 is 13.2 Å². The molecule has 8 heteroatoms. The molecule has 0 fully saturated rings. The van der Waals surface area contributed by atoms with E-state index in [2.05, 4.69) is 127 Å². The summed E-state index contributed by atoms with van der Waals surface area (Å²) in [5.74, 6) is 0. The minimum absolute atomic E-state index is 0.0332. The number of fused-ring (bicyclic) bond motifs is 15. The highest BCUT2D eigenvalue weighted by atomic mass is 19.4. The van der Waals surface area contributed by atoms with Gasteiger partial charge in [-0.15, -0.1) is 0 Å². The highest BCUT2D eigenvalue weighted by Gasteiger charge is 2.43. The van der Waals surface area contributed by atoms with Crippen molar-refractivity contribution in [2.45, 2.75) is 13.1 Å². The van der Waals surface area contributed by atoms with Crippen LogP contribution < -0.4 is 0 Å². The molecule has 0 saturated heterocycles. The van der Waals surface area contributed by atoms with Gasteiger partial charge in [-0.2, -0.15) is 13.2 Å². The predicted octanol–water partition coefficient (Wildman–Crippen LogP) is 18.5. The topological polar surface area (TPSA) is 24.6 Å². The maximum Gasteiger partial charge on any atom is 0.418 e. The average molecular weight is 986 g/mol. The van der Waals surface area contributed by atoms with Crippen LogP contribution in [0.25, 0.3) is 137 Å². The van der Waals surface area contributed by atoms with Gasteiger partial charge in [0.15, 0.2) is 0 Å². The van der Waals surface area contributed by atoms with Gasteiger partial charge in [0.2, 0.25) is 0 Å². The van der Waals surface area contributed by atoms with Gasteiger partial charge >= 0.3 is 6.18 Å². The Hall–Kier alpha value is -9.79. The van der Waals surface area contributed by atoms with Crippen molar-refractivity contribution in [1.29, 1.82) is 0 Å². The summed E-state index contributed by atoms with van der Waals surface area (Å²) >= 11 is 0. The van der Waals surface area contributed by atoms with Crippen LogP contribution in [-0.4, -0.2) is 22.8 Å². The molecule has 0 aliphatic carbocycles. The first-order valence-corrected chi connectivity index (χ1v) is 25.6. The molecule has 0 atom stereocenters. The van der Waals surface area contributed by atoms with Gasteiger partial charge in [-0.3, -0.25) is 0 Å². The molecule has 0 radical (unpaired) electrons. The van der Waals surface area contributed by atoms with Gasteiger partial charge in [-0.1, -0.05) is 164 Å². The fraction of sp³-hybridized carbons (Fsp3) is 0.0294. The van der Waals surface area contributed by atoms with E-state index in [1.54, 1.807) is 6.92 Å². The molecule has 76 heavy (non-hydrogen) atoms. The van der Waals surface area contributed by atoms with Crippen molar-refractivity contribution in [3.63, 3.8) is 0 Å². The minimum atomic E-state index is -4.89. The molecule has 0 aliphatic rings.